The molecule has 114 valence electrons. The molecule has 0 spiro atoms. The summed E-state index contributed by atoms with van der Waals surface area (Å²) in [4.78, 5) is 4.05. The van der Waals surface area contributed by atoms with Crippen molar-refractivity contribution >= 4 is 31.3 Å². The summed E-state index contributed by atoms with van der Waals surface area (Å²) in [6.07, 6.45) is 1.61. The first-order valence-electron chi connectivity index (χ1n) is 6.08. The third kappa shape index (κ3) is 4.33. The van der Waals surface area contributed by atoms with Gasteiger partial charge in [-0.2, -0.15) is 4.98 Å². The Kier molecular flexibility index (Phi) is 5.08. The van der Waals surface area contributed by atoms with Crippen LogP contribution in [0.2, 0.25) is 5.02 Å². The van der Waals surface area contributed by atoms with Gasteiger partial charge in [0.2, 0.25) is 11.7 Å². The average Bonchev–Trinajstić information content (AvgIpc) is 2.84. The van der Waals surface area contributed by atoms with E-state index in [-0.39, 0.29) is 16.5 Å². The van der Waals surface area contributed by atoms with Gasteiger partial charge in [-0.1, -0.05) is 23.7 Å². The van der Waals surface area contributed by atoms with Crippen LogP contribution in [0.5, 0.6) is 5.75 Å². The quantitative estimate of drug-likeness (QED) is 0.744. The summed E-state index contributed by atoms with van der Waals surface area (Å²) in [7, 11) is 1.41. The molecule has 0 bridgehead atoms. The van der Waals surface area contributed by atoms with Crippen molar-refractivity contribution in [2.24, 2.45) is 0 Å². The van der Waals surface area contributed by atoms with Crippen LogP contribution in [-0.2, 0) is 22.1 Å². The van der Waals surface area contributed by atoms with Crippen molar-refractivity contribution in [2.75, 3.05) is 0 Å². The molecule has 21 heavy (non-hydrogen) atoms. The standard InChI is InChI=1S/C12H12Cl2N2O4S/c1-2-3-12-15-11(16-20-12)7-19-10-5-4-8(6-9(10)13)21(14,17)18/h4-6H,2-3,7H2,1H3. The van der Waals surface area contributed by atoms with E-state index in [9.17, 15) is 8.42 Å². The summed E-state index contributed by atoms with van der Waals surface area (Å²) in [5, 5.41) is 3.90. The molecular formula is C12H12Cl2N2O4S. The lowest BCUT2D eigenvalue weighted by Crippen LogP contribution is -1.99. The summed E-state index contributed by atoms with van der Waals surface area (Å²) < 4.78 is 32.8. The van der Waals surface area contributed by atoms with Crippen LogP contribution in [0.25, 0.3) is 0 Å². The summed E-state index contributed by atoms with van der Waals surface area (Å²) in [5.41, 5.74) is 0. The van der Waals surface area contributed by atoms with Gasteiger partial charge in [0.25, 0.3) is 9.05 Å². The maximum Gasteiger partial charge on any atom is 0.261 e. The highest BCUT2D eigenvalue weighted by Crippen LogP contribution is 2.29. The Balaban J connectivity index is 2.06. The minimum atomic E-state index is -3.82. The molecule has 0 aliphatic heterocycles. The number of benzene rings is 1. The molecule has 1 aromatic carbocycles. The van der Waals surface area contributed by atoms with Crippen LogP contribution >= 0.6 is 22.3 Å². The number of aryl methyl sites for hydroxylation is 1. The molecule has 6 nitrogen and oxygen atoms in total. The highest BCUT2D eigenvalue weighted by atomic mass is 35.7. The zero-order valence-corrected chi connectivity index (χ0v) is 13.4. The third-order valence-corrected chi connectivity index (χ3v) is 4.16. The molecule has 0 atom stereocenters. The van der Waals surface area contributed by atoms with Gasteiger partial charge in [0, 0.05) is 17.1 Å². The van der Waals surface area contributed by atoms with Gasteiger partial charge in [0.15, 0.2) is 6.61 Å². The van der Waals surface area contributed by atoms with Crippen molar-refractivity contribution < 1.29 is 17.7 Å². The predicted octanol–water partition coefficient (Wildman–Crippen LogP) is 3.18. The maximum absolute atomic E-state index is 11.2. The van der Waals surface area contributed by atoms with Crippen molar-refractivity contribution in [3.8, 4) is 5.75 Å². The SMILES string of the molecule is CCCc1nc(COc2ccc(S(=O)(=O)Cl)cc2Cl)no1. The molecule has 0 aliphatic rings. The summed E-state index contributed by atoms with van der Waals surface area (Å²) >= 11 is 5.94. The van der Waals surface area contributed by atoms with Crippen LogP contribution < -0.4 is 4.74 Å². The molecule has 1 aromatic heterocycles. The maximum atomic E-state index is 11.2. The highest BCUT2D eigenvalue weighted by molar-refractivity contribution is 8.13. The first-order chi connectivity index (χ1) is 9.90. The fraction of sp³-hybridized carbons (Fsp3) is 0.333. The van der Waals surface area contributed by atoms with Crippen LogP contribution in [0.15, 0.2) is 27.6 Å². The lowest BCUT2D eigenvalue weighted by Gasteiger charge is -2.06. The topological polar surface area (TPSA) is 82.3 Å². The first kappa shape index (κ1) is 16.1. The highest BCUT2D eigenvalue weighted by Gasteiger charge is 2.13. The van der Waals surface area contributed by atoms with Crippen molar-refractivity contribution in [2.45, 2.75) is 31.3 Å². The molecule has 2 aromatic rings. The molecule has 9 heteroatoms. The van der Waals surface area contributed by atoms with E-state index in [0.29, 0.717) is 23.9 Å². The average molecular weight is 351 g/mol. The number of aromatic nitrogens is 2. The molecular weight excluding hydrogens is 339 g/mol. The van der Waals surface area contributed by atoms with Crippen LogP contribution in [0.3, 0.4) is 0 Å². The van der Waals surface area contributed by atoms with E-state index < -0.39 is 9.05 Å². The van der Waals surface area contributed by atoms with Crippen molar-refractivity contribution in [1.82, 2.24) is 10.1 Å². The largest absolute Gasteiger partial charge is 0.484 e. The summed E-state index contributed by atoms with van der Waals surface area (Å²) in [5.74, 6) is 1.25. The number of hydrogen-bond acceptors (Lipinski definition) is 6. The van der Waals surface area contributed by atoms with Gasteiger partial charge in [-0.05, 0) is 24.6 Å². The molecule has 0 saturated carbocycles. The molecule has 2 rings (SSSR count). The lowest BCUT2D eigenvalue weighted by atomic mass is 10.3. The Morgan fingerprint density at radius 2 is 2.14 bits per heavy atom. The smallest absolute Gasteiger partial charge is 0.261 e. The minimum absolute atomic E-state index is 0.0694. The molecule has 0 unspecified atom stereocenters. The van der Waals surface area contributed by atoms with Gasteiger partial charge in [-0.3, -0.25) is 0 Å². The monoisotopic (exact) mass is 350 g/mol. The molecule has 1 heterocycles. The number of rotatable bonds is 6. The van der Waals surface area contributed by atoms with Crippen LogP contribution in [-0.4, -0.2) is 18.6 Å². The number of ether oxygens (including phenoxy) is 1. The van der Waals surface area contributed by atoms with E-state index in [1.165, 1.54) is 18.2 Å². The Morgan fingerprint density at radius 3 is 2.76 bits per heavy atom. The summed E-state index contributed by atoms with van der Waals surface area (Å²) in [6.45, 7) is 2.08. The normalized spacial score (nSPS) is 11.6. The van der Waals surface area contributed by atoms with Crippen molar-refractivity contribution in [1.29, 1.82) is 0 Å². The van der Waals surface area contributed by atoms with Crippen LogP contribution in [0.1, 0.15) is 25.1 Å². The predicted molar refractivity (Wildman–Crippen MR) is 77.1 cm³/mol. The van der Waals surface area contributed by atoms with Gasteiger partial charge < -0.3 is 9.26 Å². The van der Waals surface area contributed by atoms with Crippen LogP contribution in [0.4, 0.5) is 0 Å². The molecule has 0 amide bonds. The summed E-state index contributed by atoms with van der Waals surface area (Å²) in [6, 6.07) is 3.95. The minimum Gasteiger partial charge on any atom is -0.484 e. The molecule has 0 fully saturated rings. The Bertz CT molecular complexity index is 731. The molecule has 0 saturated heterocycles. The van der Waals surface area contributed by atoms with Crippen LogP contribution in [0, 0.1) is 0 Å². The van der Waals surface area contributed by atoms with Gasteiger partial charge >= 0.3 is 0 Å². The van der Waals surface area contributed by atoms with Crippen molar-refractivity contribution in [3.63, 3.8) is 0 Å². The van der Waals surface area contributed by atoms with Crippen molar-refractivity contribution in [3.05, 3.63) is 34.9 Å². The van der Waals surface area contributed by atoms with E-state index in [2.05, 4.69) is 10.1 Å². The van der Waals surface area contributed by atoms with E-state index >= 15 is 0 Å². The van der Waals surface area contributed by atoms with E-state index in [0.717, 1.165) is 6.42 Å². The number of hydrogen-bond donors (Lipinski definition) is 0. The van der Waals surface area contributed by atoms with Gasteiger partial charge in [-0.25, -0.2) is 8.42 Å². The molecule has 0 N–H and O–H groups in total. The van der Waals surface area contributed by atoms with Gasteiger partial charge in [-0.15, -0.1) is 0 Å². The second-order valence-electron chi connectivity index (χ2n) is 4.17. The zero-order valence-electron chi connectivity index (χ0n) is 11.0. The Labute approximate surface area is 131 Å². The third-order valence-electron chi connectivity index (χ3n) is 2.52. The van der Waals surface area contributed by atoms with E-state index in [1.54, 1.807) is 0 Å². The zero-order chi connectivity index (χ0) is 15.5. The second kappa shape index (κ2) is 6.64. The Hall–Kier alpha value is -1.31. The number of nitrogens with zero attached hydrogens (tertiary/aromatic N) is 2. The van der Waals surface area contributed by atoms with Gasteiger partial charge in [0.1, 0.15) is 5.75 Å². The number of halogens is 2. The fourth-order valence-electron chi connectivity index (χ4n) is 1.56. The lowest BCUT2D eigenvalue weighted by molar-refractivity contribution is 0.285. The van der Waals surface area contributed by atoms with E-state index in [4.69, 9.17) is 31.5 Å². The molecule has 0 radical (unpaired) electrons. The molecule has 0 aliphatic carbocycles. The fourth-order valence-corrected chi connectivity index (χ4v) is 2.63. The Morgan fingerprint density at radius 1 is 1.38 bits per heavy atom. The first-order valence-corrected chi connectivity index (χ1v) is 8.77. The second-order valence-corrected chi connectivity index (χ2v) is 7.15. The van der Waals surface area contributed by atoms with Gasteiger partial charge in [0.05, 0.1) is 9.92 Å². The van der Waals surface area contributed by atoms with E-state index in [1.807, 2.05) is 6.92 Å².